The Morgan fingerprint density at radius 1 is 0.903 bits per heavy atom. The number of benzene rings is 1. The number of hydrogen-bond donors (Lipinski definition) is 0. The van der Waals surface area contributed by atoms with Crippen molar-refractivity contribution in [3.63, 3.8) is 0 Å². The Labute approximate surface area is 188 Å². The van der Waals surface area contributed by atoms with Crippen LogP contribution in [0.15, 0.2) is 24.8 Å². The van der Waals surface area contributed by atoms with Crippen molar-refractivity contribution in [1.29, 1.82) is 0 Å². The quantitative estimate of drug-likeness (QED) is 0.250. The lowest BCUT2D eigenvalue weighted by atomic mass is 9.68. The first-order valence-electron chi connectivity index (χ1n) is 12.9. The third-order valence-corrected chi connectivity index (χ3v) is 7.87. The Morgan fingerprint density at radius 3 is 2.23 bits per heavy atom. The monoisotopic (exact) mass is 432 g/mol. The molecule has 0 atom stereocenters. The lowest BCUT2D eigenvalue weighted by molar-refractivity contribution is 0.155. The highest BCUT2D eigenvalue weighted by molar-refractivity contribution is 5.33. The van der Waals surface area contributed by atoms with Crippen molar-refractivity contribution in [1.82, 2.24) is 0 Å². The molecule has 1 aromatic rings. The molecule has 0 aliphatic heterocycles. The molecule has 3 rings (SSSR count). The molecule has 0 spiro atoms. The molecular formula is C28H42F2O. The molecule has 2 fully saturated rings. The van der Waals surface area contributed by atoms with Gasteiger partial charge in [-0.05, 0) is 86.7 Å². The molecule has 2 aliphatic rings. The van der Waals surface area contributed by atoms with Crippen LogP contribution in [0.2, 0.25) is 0 Å². The van der Waals surface area contributed by atoms with E-state index >= 15 is 0 Å². The van der Waals surface area contributed by atoms with Gasteiger partial charge in [0, 0.05) is 0 Å². The van der Waals surface area contributed by atoms with E-state index in [0.29, 0.717) is 12.2 Å². The molecule has 0 amide bonds. The molecule has 1 aromatic carbocycles. The van der Waals surface area contributed by atoms with E-state index in [-0.39, 0.29) is 11.7 Å². The molecule has 174 valence electrons. The fourth-order valence-corrected chi connectivity index (χ4v) is 5.92. The molecule has 2 saturated carbocycles. The summed E-state index contributed by atoms with van der Waals surface area (Å²) in [5.41, 5.74) is 0.550. The third kappa shape index (κ3) is 6.80. The van der Waals surface area contributed by atoms with Crippen molar-refractivity contribution in [3.05, 3.63) is 42.0 Å². The molecule has 0 saturated heterocycles. The van der Waals surface area contributed by atoms with E-state index in [1.807, 2.05) is 0 Å². The van der Waals surface area contributed by atoms with Gasteiger partial charge in [0.05, 0.1) is 6.61 Å². The summed E-state index contributed by atoms with van der Waals surface area (Å²) in [4.78, 5) is 0. The fraction of sp³-hybridized carbons (Fsp3) is 0.714. The molecule has 0 unspecified atom stereocenters. The molecule has 0 heterocycles. The Balaban J connectivity index is 1.46. The minimum atomic E-state index is -0.820. The van der Waals surface area contributed by atoms with Crippen LogP contribution in [0, 0.1) is 29.4 Å². The van der Waals surface area contributed by atoms with Crippen LogP contribution in [-0.2, 0) is 0 Å². The lowest BCUT2D eigenvalue weighted by Gasteiger charge is -2.38. The van der Waals surface area contributed by atoms with E-state index in [1.54, 1.807) is 18.2 Å². The van der Waals surface area contributed by atoms with E-state index in [0.717, 1.165) is 56.3 Å². The summed E-state index contributed by atoms with van der Waals surface area (Å²) >= 11 is 0. The summed E-state index contributed by atoms with van der Waals surface area (Å²) in [6.45, 7) is 6.32. The Kier molecular flexibility index (Phi) is 9.87. The van der Waals surface area contributed by atoms with Crippen LogP contribution in [0.5, 0.6) is 5.75 Å². The summed E-state index contributed by atoms with van der Waals surface area (Å²) in [6, 6.07) is 3.38. The Morgan fingerprint density at radius 2 is 1.58 bits per heavy atom. The van der Waals surface area contributed by atoms with Crippen molar-refractivity contribution >= 4 is 0 Å². The molecule has 3 heteroatoms. The molecule has 1 nitrogen and oxygen atoms in total. The van der Waals surface area contributed by atoms with Crippen LogP contribution in [0.3, 0.4) is 0 Å². The zero-order valence-electron chi connectivity index (χ0n) is 19.5. The van der Waals surface area contributed by atoms with E-state index < -0.39 is 11.6 Å². The van der Waals surface area contributed by atoms with Gasteiger partial charge in [0.25, 0.3) is 0 Å². The van der Waals surface area contributed by atoms with E-state index in [4.69, 9.17) is 4.74 Å². The first-order valence-corrected chi connectivity index (χ1v) is 12.9. The van der Waals surface area contributed by atoms with Gasteiger partial charge < -0.3 is 4.74 Å². The second-order valence-electron chi connectivity index (χ2n) is 9.95. The van der Waals surface area contributed by atoms with E-state index in [1.165, 1.54) is 51.4 Å². The topological polar surface area (TPSA) is 9.23 Å². The molecule has 0 bridgehead atoms. The van der Waals surface area contributed by atoms with E-state index in [9.17, 15) is 8.78 Å². The van der Waals surface area contributed by atoms with Gasteiger partial charge in [0.15, 0.2) is 11.6 Å². The number of ether oxygens (including phenoxy) is 1. The smallest absolute Gasteiger partial charge is 0.200 e. The van der Waals surface area contributed by atoms with Crippen molar-refractivity contribution in [2.24, 2.45) is 17.8 Å². The molecule has 0 N–H and O–H groups in total. The molecule has 2 aliphatic carbocycles. The maximum Gasteiger partial charge on any atom is 0.200 e. The van der Waals surface area contributed by atoms with Crippen molar-refractivity contribution in [3.8, 4) is 5.75 Å². The summed E-state index contributed by atoms with van der Waals surface area (Å²) in [5, 5.41) is 0. The fourth-order valence-electron chi connectivity index (χ4n) is 5.92. The summed E-state index contributed by atoms with van der Waals surface area (Å²) in [6.07, 6.45) is 18.8. The highest BCUT2D eigenvalue weighted by Crippen LogP contribution is 2.45. The third-order valence-electron chi connectivity index (χ3n) is 7.87. The van der Waals surface area contributed by atoms with Gasteiger partial charge in [-0.3, -0.25) is 0 Å². The van der Waals surface area contributed by atoms with Crippen LogP contribution in [0.4, 0.5) is 8.78 Å². The summed E-state index contributed by atoms with van der Waals surface area (Å²) < 4.78 is 34.7. The highest BCUT2D eigenvalue weighted by atomic mass is 19.2. The SMILES string of the molecule is C=CCCCOc1ccc(C2CCC(C3CCC(CCCCC)CC3)CC2)c(F)c1F. The van der Waals surface area contributed by atoms with Gasteiger partial charge in [0.1, 0.15) is 0 Å². The van der Waals surface area contributed by atoms with Crippen LogP contribution in [0.1, 0.15) is 108 Å². The van der Waals surface area contributed by atoms with Gasteiger partial charge in [0.2, 0.25) is 5.82 Å². The van der Waals surface area contributed by atoms with Crippen LogP contribution < -0.4 is 4.74 Å². The Bertz CT molecular complexity index is 670. The first-order chi connectivity index (χ1) is 15.1. The number of hydrogen-bond acceptors (Lipinski definition) is 1. The molecule has 31 heavy (non-hydrogen) atoms. The zero-order valence-corrected chi connectivity index (χ0v) is 19.5. The predicted octanol–water partition coefficient (Wildman–Crippen LogP) is 8.97. The number of rotatable bonds is 11. The maximum atomic E-state index is 14.8. The van der Waals surface area contributed by atoms with Gasteiger partial charge in [-0.15, -0.1) is 6.58 Å². The van der Waals surface area contributed by atoms with Gasteiger partial charge in [-0.1, -0.05) is 57.6 Å². The standard InChI is InChI=1S/C28H42F2O/c1-3-5-7-9-21-10-12-22(13-11-21)23-14-16-24(17-15-23)25-18-19-26(28(30)27(25)29)31-20-8-6-4-2/h4,18-19,21-24H,2-3,5-17,20H2,1H3. The van der Waals surface area contributed by atoms with Crippen molar-refractivity contribution in [2.45, 2.75) is 103 Å². The molecule has 0 aromatic heterocycles. The number of unbranched alkanes of at least 4 members (excludes halogenated alkanes) is 3. The Hall–Kier alpha value is -1.38. The van der Waals surface area contributed by atoms with Crippen molar-refractivity contribution < 1.29 is 13.5 Å². The average molecular weight is 433 g/mol. The van der Waals surface area contributed by atoms with Gasteiger partial charge in [-0.2, -0.15) is 4.39 Å². The number of allylic oxidation sites excluding steroid dienone is 1. The minimum absolute atomic E-state index is 0.0368. The number of halogens is 2. The normalized spacial score (nSPS) is 26.5. The average Bonchev–Trinajstić information content (AvgIpc) is 2.80. The van der Waals surface area contributed by atoms with Crippen molar-refractivity contribution in [2.75, 3.05) is 6.61 Å². The van der Waals surface area contributed by atoms with Gasteiger partial charge in [-0.25, -0.2) is 4.39 Å². The predicted molar refractivity (Wildman–Crippen MR) is 126 cm³/mol. The second-order valence-corrected chi connectivity index (χ2v) is 9.95. The first kappa shape index (κ1) is 24.3. The second kappa shape index (κ2) is 12.6. The van der Waals surface area contributed by atoms with E-state index in [2.05, 4.69) is 13.5 Å². The van der Waals surface area contributed by atoms with Crippen LogP contribution in [0.25, 0.3) is 0 Å². The largest absolute Gasteiger partial charge is 0.490 e. The lowest BCUT2D eigenvalue weighted by Crippen LogP contribution is -2.25. The maximum absolute atomic E-state index is 14.8. The highest BCUT2D eigenvalue weighted by Gasteiger charge is 2.32. The summed E-state index contributed by atoms with van der Waals surface area (Å²) in [5.74, 6) is 1.26. The van der Waals surface area contributed by atoms with Gasteiger partial charge >= 0.3 is 0 Å². The zero-order chi connectivity index (χ0) is 22.1. The molecular weight excluding hydrogens is 390 g/mol. The molecule has 0 radical (unpaired) electrons. The summed E-state index contributed by atoms with van der Waals surface area (Å²) in [7, 11) is 0. The van der Waals surface area contributed by atoms with Crippen LogP contribution >= 0.6 is 0 Å². The van der Waals surface area contributed by atoms with Crippen LogP contribution in [-0.4, -0.2) is 6.61 Å². The minimum Gasteiger partial charge on any atom is -0.490 e.